The van der Waals surface area contributed by atoms with Crippen molar-refractivity contribution in [3.63, 3.8) is 0 Å². The van der Waals surface area contributed by atoms with Gasteiger partial charge >= 0.3 is 0 Å². The molecule has 0 radical (unpaired) electrons. The maximum absolute atomic E-state index is 11.7. The Morgan fingerprint density at radius 1 is 1.47 bits per heavy atom. The first-order valence-corrected chi connectivity index (χ1v) is 6.41. The molecule has 3 N–H and O–H groups in total. The Kier molecular flexibility index (Phi) is 6.92. The number of aliphatic hydroxyl groups is 1. The van der Waals surface area contributed by atoms with Crippen molar-refractivity contribution >= 4 is 11.6 Å². The number of hydrogen-bond donors (Lipinski definition) is 3. The first kappa shape index (κ1) is 15.5. The van der Waals surface area contributed by atoms with Crippen LogP contribution in [0.25, 0.3) is 0 Å². The van der Waals surface area contributed by atoms with E-state index in [1.807, 2.05) is 25.1 Å². The van der Waals surface area contributed by atoms with E-state index in [1.165, 1.54) is 0 Å². The number of amides is 1. The normalized spacial score (nSPS) is 11.9. The lowest BCUT2D eigenvalue weighted by Crippen LogP contribution is -2.31. The second kappa shape index (κ2) is 8.50. The zero-order chi connectivity index (χ0) is 14.1. The molecule has 1 unspecified atom stereocenters. The fourth-order valence-corrected chi connectivity index (χ4v) is 1.66. The lowest BCUT2D eigenvalue weighted by molar-refractivity contribution is -0.115. The van der Waals surface area contributed by atoms with E-state index >= 15 is 0 Å². The van der Waals surface area contributed by atoms with Crippen molar-refractivity contribution in [3.8, 4) is 5.75 Å². The van der Waals surface area contributed by atoms with Crippen LogP contribution in [0.2, 0.25) is 0 Å². The van der Waals surface area contributed by atoms with Crippen LogP contribution in [0.3, 0.4) is 0 Å². The van der Waals surface area contributed by atoms with Crippen molar-refractivity contribution < 1.29 is 14.6 Å². The third-order valence-electron chi connectivity index (χ3n) is 2.75. The van der Waals surface area contributed by atoms with Crippen LogP contribution >= 0.6 is 0 Å². The monoisotopic (exact) mass is 266 g/mol. The molecule has 0 bridgehead atoms. The van der Waals surface area contributed by atoms with Gasteiger partial charge in [0.05, 0.1) is 13.7 Å². The number of carbonyl (C=O) groups excluding carboxylic acids is 1. The molecule has 0 aliphatic rings. The fourth-order valence-electron chi connectivity index (χ4n) is 1.66. The molecule has 19 heavy (non-hydrogen) atoms. The van der Waals surface area contributed by atoms with Crippen molar-refractivity contribution in [2.75, 3.05) is 32.1 Å². The van der Waals surface area contributed by atoms with E-state index in [9.17, 15) is 4.79 Å². The molecule has 106 valence electrons. The third kappa shape index (κ3) is 6.22. The molecule has 1 aromatic carbocycles. The van der Waals surface area contributed by atoms with Gasteiger partial charge in [-0.2, -0.15) is 0 Å². The summed E-state index contributed by atoms with van der Waals surface area (Å²) < 4.78 is 5.09. The van der Waals surface area contributed by atoms with E-state index < -0.39 is 0 Å². The van der Waals surface area contributed by atoms with Crippen LogP contribution in [-0.4, -0.2) is 37.8 Å². The maximum atomic E-state index is 11.7. The number of benzene rings is 1. The van der Waals surface area contributed by atoms with Crippen LogP contribution in [0.1, 0.15) is 13.3 Å². The van der Waals surface area contributed by atoms with Crippen LogP contribution in [0.5, 0.6) is 5.75 Å². The van der Waals surface area contributed by atoms with Gasteiger partial charge in [0.2, 0.25) is 5.91 Å². The number of rotatable bonds is 8. The molecule has 0 saturated carbocycles. The summed E-state index contributed by atoms with van der Waals surface area (Å²) in [6.45, 7) is 3.18. The smallest absolute Gasteiger partial charge is 0.238 e. The van der Waals surface area contributed by atoms with Gasteiger partial charge in [0, 0.05) is 18.4 Å². The van der Waals surface area contributed by atoms with Gasteiger partial charge in [-0.25, -0.2) is 0 Å². The molecule has 1 rings (SSSR count). The predicted octanol–water partition coefficient (Wildman–Crippen LogP) is 1.24. The van der Waals surface area contributed by atoms with Gasteiger partial charge in [-0.1, -0.05) is 13.0 Å². The highest BCUT2D eigenvalue weighted by Crippen LogP contribution is 2.16. The Balaban J connectivity index is 2.30. The molecule has 5 heteroatoms. The number of nitrogens with one attached hydrogen (secondary N) is 2. The summed E-state index contributed by atoms with van der Waals surface area (Å²) in [5.74, 6) is 0.974. The van der Waals surface area contributed by atoms with E-state index in [0.29, 0.717) is 18.2 Å². The molecule has 0 aliphatic heterocycles. The highest BCUT2D eigenvalue weighted by Gasteiger charge is 2.05. The van der Waals surface area contributed by atoms with Gasteiger partial charge in [-0.05, 0) is 31.0 Å². The Hall–Kier alpha value is -1.59. The summed E-state index contributed by atoms with van der Waals surface area (Å²) in [7, 11) is 1.59. The maximum Gasteiger partial charge on any atom is 0.238 e. The molecular weight excluding hydrogens is 244 g/mol. The minimum atomic E-state index is -0.0931. The first-order chi connectivity index (χ1) is 9.15. The summed E-state index contributed by atoms with van der Waals surface area (Å²) in [5, 5.41) is 14.6. The summed E-state index contributed by atoms with van der Waals surface area (Å²) >= 11 is 0. The van der Waals surface area contributed by atoms with E-state index in [4.69, 9.17) is 9.84 Å². The molecule has 0 spiro atoms. The van der Waals surface area contributed by atoms with Gasteiger partial charge < -0.3 is 20.5 Å². The Morgan fingerprint density at radius 3 is 2.95 bits per heavy atom. The number of carbonyl (C=O) groups is 1. The average molecular weight is 266 g/mol. The highest BCUT2D eigenvalue weighted by molar-refractivity contribution is 5.92. The molecular formula is C14H22N2O3. The van der Waals surface area contributed by atoms with Crippen LogP contribution < -0.4 is 15.4 Å². The summed E-state index contributed by atoms with van der Waals surface area (Å²) in [6.07, 6.45) is 0.741. The van der Waals surface area contributed by atoms with Gasteiger partial charge in [0.25, 0.3) is 0 Å². The summed E-state index contributed by atoms with van der Waals surface area (Å²) in [4.78, 5) is 11.7. The number of ether oxygens (including phenoxy) is 1. The second-order valence-electron chi connectivity index (χ2n) is 4.53. The lowest BCUT2D eigenvalue weighted by atomic mass is 10.1. The molecule has 0 heterocycles. The summed E-state index contributed by atoms with van der Waals surface area (Å²) in [5.41, 5.74) is 0.717. The molecule has 0 aliphatic carbocycles. The molecule has 0 aromatic heterocycles. The predicted molar refractivity (Wildman–Crippen MR) is 75.4 cm³/mol. The van der Waals surface area contributed by atoms with Gasteiger partial charge in [0.1, 0.15) is 5.75 Å². The molecule has 1 amide bonds. The first-order valence-electron chi connectivity index (χ1n) is 6.41. The lowest BCUT2D eigenvalue weighted by Gasteiger charge is -2.11. The van der Waals surface area contributed by atoms with Crippen molar-refractivity contribution in [2.24, 2.45) is 5.92 Å². The van der Waals surface area contributed by atoms with Crippen LogP contribution in [0.15, 0.2) is 24.3 Å². The largest absolute Gasteiger partial charge is 0.497 e. The van der Waals surface area contributed by atoms with Gasteiger partial charge in [-0.3, -0.25) is 4.79 Å². The number of methoxy groups -OCH3 is 1. The number of anilines is 1. The number of hydrogen-bond acceptors (Lipinski definition) is 4. The summed E-state index contributed by atoms with van der Waals surface area (Å²) in [6, 6.07) is 7.23. The van der Waals surface area contributed by atoms with Crippen molar-refractivity contribution in [1.82, 2.24) is 5.32 Å². The fraction of sp³-hybridized carbons (Fsp3) is 0.500. The Morgan fingerprint density at radius 2 is 2.26 bits per heavy atom. The van der Waals surface area contributed by atoms with E-state index in [0.717, 1.165) is 12.1 Å². The molecule has 1 atom stereocenters. The van der Waals surface area contributed by atoms with Crippen molar-refractivity contribution in [2.45, 2.75) is 13.3 Å². The third-order valence-corrected chi connectivity index (χ3v) is 2.75. The number of aliphatic hydroxyl groups excluding tert-OH is 1. The van der Waals surface area contributed by atoms with Gasteiger partial charge in [-0.15, -0.1) is 0 Å². The highest BCUT2D eigenvalue weighted by atomic mass is 16.5. The van der Waals surface area contributed by atoms with Crippen LogP contribution in [-0.2, 0) is 4.79 Å². The average Bonchev–Trinajstić information content (AvgIpc) is 2.39. The Labute approximate surface area is 114 Å². The minimum absolute atomic E-state index is 0.0931. The molecule has 0 saturated heterocycles. The second-order valence-corrected chi connectivity index (χ2v) is 4.53. The molecule has 5 nitrogen and oxygen atoms in total. The van der Waals surface area contributed by atoms with E-state index in [1.54, 1.807) is 13.2 Å². The van der Waals surface area contributed by atoms with Crippen LogP contribution in [0.4, 0.5) is 5.69 Å². The minimum Gasteiger partial charge on any atom is -0.497 e. The zero-order valence-corrected chi connectivity index (χ0v) is 11.5. The topological polar surface area (TPSA) is 70.6 Å². The van der Waals surface area contributed by atoms with Crippen molar-refractivity contribution in [1.29, 1.82) is 0 Å². The van der Waals surface area contributed by atoms with E-state index in [-0.39, 0.29) is 19.1 Å². The molecule has 0 fully saturated rings. The van der Waals surface area contributed by atoms with Gasteiger partial charge in [0.15, 0.2) is 0 Å². The zero-order valence-electron chi connectivity index (χ0n) is 11.5. The van der Waals surface area contributed by atoms with Crippen molar-refractivity contribution in [3.05, 3.63) is 24.3 Å². The standard InChI is InChI=1S/C14H22N2O3/c1-11(6-7-17)9-15-10-14(18)16-12-4-3-5-13(8-12)19-2/h3-5,8,11,15,17H,6-7,9-10H2,1-2H3,(H,16,18). The Bertz CT molecular complexity index is 396. The van der Waals surface area contributed by atoms with Crippen LogP contribution in [0, 0.1) is 5.92 Å². The SMILES string of the molecule is COc1cccc(NC(=O)CNCC(C)CCO)c1. The van der Waals surface area contributed by atoms with E-state index in [2.05, 4.69) is 10.6 Å². The quantitative estimate of drug-likeness (QED) is 0.662. The molecule has 1 aromatic rings.